The fraction of sp³-hybridized carbons (Fsp3) is 0.632. The molecule has 0 bridgehead atoms. The quantitative estimate of drug-likeness (QED) is 0.566. The third-order valence-corrected chi connectivity index (χ3v) is 5.83. The van der Waals surface area contributed by atoms with Crippen LogP contribution in [0.1, 0.15) is 44.9 Å². The Morgan fingerprint density at radius 2 is 1.85 bits per heavy atom. The van der Waals surface area contributed by atoms with Gasteiger partial charge in [-0.2, -0.15) is 0 Å². The number of halogens is 1. The molecule has 0 radical (unpaired) electrons. The van der Waals surface area contributed by atoms with Crippen LogP contribution in [0.5, 0.6) is 0 Å². The third kappa shape index (κ3) is 4.67. The zero-order valence-corrected chi connectivity index (χ0v) is 15.8. The Balaban J connectivity index is 1.52. The van der Waals surface area contributed by atoms with Crippen LogP contribution >= 0.6 is 11.6 Å². The Bertz CT molecular complexity index is 653. The molecule has 6 nitrogen and oxygen atoms in total. The molecule has 1 aliphatic heterocycles. The summed E-state index contributed by atoms with van der Waals surface area (Å²) in [6.45, 7) is 2.45. The number of hydrogen-bond donors (Lipinski definition) is 0. The first-order valence-corrected chi connectivity index (χ1v) is 9.89. The number of benzene rings is 1. The predicted octanol–water partition coefficient (Wildman–Crippen LogP) is 4.26. The van der Waals surface area contributed by atoms with E-state index in [4.69, 9.17) is 11.6 Å². The van der Waals surface area contributed by atoms with Crippen LogP contribution < -0.4 is 4.90 Å². The summed E-state index contributed by atoms with van der Waals surface area (Å²) < 4.78 is 0. The van der Waals surface area contributed by atoms with Crippen molar-refractivity contribution in [2.24, 2.45) is 5.92 Å². The molecule has 1 aliphatic carbocycles. The summed E-state index contributed by atoms with van der Waals surface area (Å²) in [7, 11) is 0. The third-order valence-electron chi connectivity index (χ3n) is 5.60. The summed E-state index contributed by atoms with van der Waals surface area (Å²) in [5.74, 6) is 0.937. The maximum Gasteiger partial charge on any atom is 0.294 e. The zero-order valence-electron chi connectivity index (χ0n) is 15.0. The second kappa shape index (κ2) is 8.71. The van der Waals surface area contributed by atoms with E-state index in [-0.39, 0.29) is 11.6 Å². The van der Waals surface area contributed by atoms with Crippen molar-refractivity contribution >= 4 is 28.9 Å². The summed E-state index contributed by atoms with van der Waals surface area (Å²) in [5, 5.41) is 11.6. The van der Waals surface area contributed by atoms with Gasteiger partial charge >= 0.3 is 0 Å². The molecule has 26 heavy (non-hydrogen) atoms. The lowest BCUT2D eigenvalue weighted by Crippen LogP contribution is -2.49. The van der Waals surface area contributed by atoms with Crippen molar-refractivity contribution in [1.82, 2.24) is 4.90 Å². The first-order valence-electron chi connectivity index (χ1n) is 9.51. The number of nitro benzene ring substituents is 1. The van der Waals surface area contributed by atoms with Gasteiger partial charge in [-0.15, -0.1) is 0 Å². The predicted molar refractivity (Wildman–Crippen MR) is 103 cm³/mol. The molecule has 2 fully saturated rings. The highest BCUT2D eigenvalue weighted by atomic mass is 35.5. The van der Waals surface area contributed by atoms with Gasteiger partial charge in [0.1, 0.15) is 5.69 Å². The standard InChI is InChI=1S/C19H26ClN3O3/c20-16-7-8-17(18(14-16)23(25)26)21-10-12-22(13-11-21)19(24)9-6-15-4-2-1-3-5-15/h7-8,14-15H,1-6,9-13H2. The van der Waals surface area contributed by atoms with Gasteiger partial charge in [-0.3, -0.25) is 14.9 Å². The monoisotopic (exact) mass is 379 g/mol. The van der Waals surface area contributed by atoms with E-state index in [9.17, 15) is 14.9 Å². The maximum atomic E-state index is 12.5. The average Bonchev–Trinajstić information content (AvgIpc) is 2.67. The molecule has 2 aliphatic rings. The van der Waals surface area contributed by atoms with Crippen LogP contribution in [0.15, 0.2) is 18.2 Å². The van der Waals surface area contributed by atoms with Crippen LogP contribution in [0.4, 0.5) is 11.4 Å². The lowest BCUT2D eigenvalue weighted by Gasteiger charge is -2.36. The van der Waals surface area contributed by atoms with Crippen molar-refractivity contribution in [1.29, 1.82) is 0 Å². The molecule has 1 saturated carbocycles. The van der Waals surface area contributed by atoms with Gasteiger partial charge in [0.2, 0.25) is 5.91 Å². The number of anilines is 1. The van der Waals surface area contributed by atoms with Crippen molar-refractivity contribution in [2.75, 3.05) is 31.1 Å². The van der Waals surface area contributed by atoms with E-state index in [2.05, 4.69) is 0 Å². The summed E-state index contributed by atoms with van der Waals surface area (Å²) in [4.78, 5) is 27.2. The molecule has 1 heterocycles. The summed E-state index contributed by atoms with van der Waals surface area (Å²) >= 11 is 5.89. The molecular formula is C19H26ClN3O3. The molecule has 1 amide bonds. The SMILES string of the molecule is O=C(CCC1CCCCC1)N1CCN(c2ccc(Cl)cc2[N+](=O)[O-])CC1. The molecule has 1 saturated heterocycles. The number of nitro groups is 1. The van der Waals surface area contributed by atoms with Crippen LogP contribution in [0.2, 0.25) is 5.02 Å². The minimum Gasteiger partial charge on any atom is -0.362 e. The minimum absolute atomic E-state index is 0.0228. The molecule has 3 rings (SSSR count). The smallest absolute Gasteiger partial charge is 0.294 e. The number of amides is 1. The molecule has 0 atom stereocenters. The highest BCUT2D eigenvalue weighted by Gasteiger charge is 2.26. The lowest BCUT2D eigenvalue weighted by atomic mass is 9.86. The van der Waals surface area contributed by atoms with Gasteiger partial charge in [-0.05, 0) is 24.5 Å². The van der Waals surface area contributed by atoms with Gasteiger partial charge in [0.15, 0.2) is 0 Å². The highest BCUT2D eigenvalue weighted by Crippen LogP contribution is 2.32. The van der Waals surface area contributed by atoms with E-state index in [1.54, 1.807) is 12.1 Å². The highest BCUT2D eigenvalue weighted by molar-refractivity contribution is 6.30. The van der Waals surface area contributed by atoms with Crippen LogP contribution in [0.25, 0.3) is 0 Å². The van der Waals surface area contributed by atoms with E-state index in [1.165, 1.54) is 38.2 Å². The van der Waals surface area contributed by atoms with E-state index < -0.39 is 4.92 Å². The van der Waals surface area contributed by atoms with Crippen LogP contribution in [0.3, 0.4) is 0 Å². The Hall–Kier alpha value is -1.82. The van der Waals surface area contributed by atoms with Gasteiger partial charge in [-0.25, -0.2) is 0 Å². The first-order chi connectivity index (χ1) is 12.5. The molecule has 1 aromatic rings. The summed E-state index contributed by atoms with van der Waals surface area (Å²) in [6, 6.07) is 4.76. The normalized spacial score (nSPS) is 18.8. The number of carbonyl (C=O) groups excluding carboxylic acids is 1. The molecule has 0 spiro atoms. The van der Waals surface area contributed by atoms with Gasteiger partial charge < -0.3 is 9.80 Å². The first kappa shape index (κ1) is 19.0. The van der Waals surface area contributed by atoms with E-state index >= 15 is 0 Å². The molecular weight excluding hydrogens is 354 g/mol. The fourth-order valence-corrected chi connectivity index (χ4v) is 4.23. The molecule has 0 aromatic heterocycles. The van der Waals surface area contributed by atoms with E-state index in [0.717, 1.165) is 6.42 Å². The molecule has 7 heteroatoms. The maximum absolute atomic E-state index is 12.5. The van der Waals surface area contributed by atoms with Gasteiger partial charge in [0.05, 0.1) is 4.92 Å². The number of rotatable bonds is 5. The van der Waals surface area contributed by atoms with Crippen molar-refractivity contribution in [3.63, 3.8) is 0 Å². The van der Waals surface area contributed by atoms with Crippen molar-refractivity contribution < 1.29 is 9.72 Å². The molecule has 0 unspecified atom stereocenters. The van der Waals surface area contributed by atoms with E-state index in [0.29, 0.717) is 49.2 Å². The summed E-state index contributed by atoms with van der Waals surface area (Å²) in [5.41, 5.74) is 0.600. The van der Waals surface area contributed by atoms with Crippen LogP contribution in [0, 0.1) is 16.0 Å². The zero-order chi connectivity index (χ0) is 18.5. The van der Waals surface area contributed by atoms with Crippen molar-refractivity contribution in [3.8, 4) is 0 Å². The number of nitrogens with zero attached hydrogens (tertiary/aromatic N) is 3. The second-order valence-electron chi connectivity index (χ2n) is 7.30. The molecule has 142 valence electrons. The van der Waals surface area contributed by atoms with Crippen molar-refractivity contribution in [2.45, 2.75) is 44.9 Å². The van der Waals surface area contributed by atoms with Crippen molar-refractivity contribution in [3.05, 3.63) is 33.3 Å². The van der Waals surface area contributed by atoms with Gasteiger partial charge in [0.25, 0.3) is 5.69 Å². The minimum atomic E-state index is -0.400. The topological polar surface area (TPSA) is 66.7 Å². The van der Waals surface area contributed by atoms with Gasteiger partial charge in [-0.1, -0.05) is 43.7 Å². The fourth-order valence-electron chi connectivity index (χ4n) is 4.07. The Morgan fingerprint density at radius 1 is 1.15 bits per heavy atom. The lowest BCUT2D eigenvalue weighted by molar-refractivity contribution is -0.384. The average molecular weight is 380 g/mol. The Kier molecular flexibility index (Phi) is 6.35. The molecule has 0 N–H and O–H groups in total. The van der Waals surface area contributed by atoms with Gasteiger partial charge in [0, 0.05) is 43.7 Å². The number of piperazine rings is 1. The molecule has 1 aromatic carbocycles. The number of carbonyl (C=O) groups is 1. The second-order valence-corrected chi connectivity index (χ2v) is 7.74. The Labute approximate surface area is 159 Å². The van der Waals surface area contributed by atoms with E-state index in [1.807, 2.05) is 9.80 Å². The number of hydrogen-bond acceptors (Lipinski definition) is 4. The summed E-state index contributed by atoms with van der Waals surface area (Å²) in [6.07, 6.45) is 8.11. The largest absolute Gasteiger partial charge is 0.362 e. The van der Waals surface area contributed by atoms with Crippen LogP contribution in [-0.2, 0) is 4.79 Å². The Morgan fingerprint density at radius 3 is 2.50 bits per heavy atom. The van der Waals surface area contributed by atoms with Crippen LogP contribution in [-0.4, -0.2) is 41.9 Å².